The number of ether oxygens (including phenoxy) is 1. The summed E-state index contributed by atoms with van der Waals surface area (Å²) in [6, 6.07) is 10.5. The summed E-state index contributed by atoms with van der Waals surface area (Å²) < 4.78 is 5.37. The lowest BCUT2D eigenvalue weighted by molar-refractivity contribution is -0.384. The van der Waals surface area contributed by atoms with Crippen molar-refractivity contribution >= 4 is 29.2 Å². The van der Waals surface area contributed by atoms with Crippen LogP contribution in [0.25, 0.3) is 0 Å². The Morgan fingerprint density at radius 1 is 1.20 bits per heavy atom. The van der Waals surface area contributed by atoms with Gasteiger partial charge in [-0.3, -0.25) is 14.9 Å². The number of aryl methyl sites for hydroxylation is 2. The molecule has 2 aromatic carbocycles. The van der Waals surface area contributed by atoms with Crippen molar-refractivity contribution in [3.05, 3.63) is 63.2 Å². The maximum absolute atomic E-state index is 12.1. The molecule has 1 heterocycles. The first-order valence-electron chi connectivity index (χ1n) is 9.68. The number of carbonyl (C=O) groups excluding carboxylic acids is 1. The van der Waals surface area contributed by atoms with Gasteiger partial charge in [-0.1, -0.05) is 6.07 Å². The van der Waals surface area contributed by atoms with Crippen LogP contribution in [0.5, 0.6) is 0 Å². The molecular weight excluding hydrogens is 386 g/mol. The van der Waals surface area contributed by atoms with Crippen LogP contribution >= 0.6 is 0 Å². The van der Waals surface area contributed by atoms with Gasteiger partial charge >= 0.3 is 0 Å². The number of nitrogens with zero attached hydrogens (tertiary/aromatic N) is 3. The number of rotatable bonds is 7. The molecule has 0 aliphatic carbocycles. The fourth-order valence-corrected chi connectivity index (χ4v) is 3.10. The van der Waals surface area contributed by atoms with Gasteiger partial charge in [0.1, 0.15) is 0 Å². The molecule has 158 valence electrons. The van der Waals surface area contributed by atoms with Crippen molar-refractivity contribution in [2.45, 2.75) is 13.8 Å². The zero-order valence-corrected chi connectivity index (χ0v) is 17.1. The highest BCUT2D eigenvalue weighted by atomic mass is 16.6. The van der Waals surface area contributed by atoms with E-state index in [4.69, 9.17) is 4.74 Å². The Hall–Kier alpha value is -3.46. The molecule has 0 radical (unpaired) electrons. The first-order valence-corrected chi connectivity index (χ1v) is 9.68. The molecule has 1 amide bonds. The maximum Gasteiger partial charge on any atom is 0.270 e. The number of amides is 1. The van der Waals surface area contributed by atoms with Crippen molar-refractivity contribution in [1.82, 2.24) is 5.43 Å². The molecule has 0 aromatic heterocycles. The summed E-state index contributed by atoms with van der Waals surface area (Å²) in [5, 5.41) is 18.2. The van der Waals surface area contributed by atoms with Crippen LogP contribution in [0, 0.1) is 24.0 Å². The van der Waals surface area contributed by atoms with Crippen molar-refractivity contribution in [3.8, 4) is 0 Å². The van der Waals surface area contributed by atoms with E-state index < -0.39 is 4.92 Å². The Kier molecular flexibility index (Phi) is 6.97. The van der Waals surface area contributed by atoms with E-state index >= 15 is 0 Å². The molecule has 2 aromatic rings. The summed E-state index contributed by atoms with van der Waals surface area (Å²) in [5.41, 5.74) is 6.98. The van der Waals surface area contributed by atoms with Crippen LogP contribution in [-0.2, 0) is 9.53 Å². The number of nitrogens with one attached hydrogen (secondary N) is 2. The van der Waals surface area contributed by atoms with Gasteiger partial charge in [-0.2, -0.15) is 5.10 Å². The highest BCUT2D eigenvalue weighted by molar-refractivity contribution is 5.90. The number of nitro groups is 1. The Balaban J connectivity index is 1.64. The molecule has 0 saturated carbocycles. The van der Waals surface area contributed by atoms with E-state index in [0.29, 0.717) is 31.9 Å². The Bertz CT molecular complexity index is 954. The number of morpholine rings is 1. The first-order chi connectivity index (χ1) is 14.4. The number of benzene rings is 2. The van der Waals surface area contributed by atoms with Gasteiger partial charge in [0, 0.05) is 42.2 Å². The number of carbonyl (C=O) groups is 1. The van der Waals surface area contributed by atoms with E-state index in [1.54, 1.807) is 6.07 Å². The Morgan fingerprint density at radius 2 is 1.97 bits per heavy atom. The van der Waals surface area contributed by atoms with Gasteiger partial charge in [0.2, 0.25) is 0 Å². The molecule has 3 rings (SSSR count). The van der Waals surface area contributed by atoms with Crippen molar-refractivity contribution in [2.75, 3.05) is 43.1 Å². The maximum atomic E-state index is 12.1. The van der Waals surface area contributed by atoms with Gasteiger partial charge < -0.3 is 15.0 Å². The van der Waals surface area contributed by atoms with Crippen molar-refractivity contribution in [3.63, 3.8) is 0 Å². The minimum Gasteiger partial charge on any atom is -0.378 e. The zero-order valence-electron chi connectivity index (χ0n) is 17.1. The van der Waals surface area contributed by atoms with Crippen LogP contribution in [-0.4, -0.2) is 49.9 Å². The normalized spacial score (nSPS) is 14.0. The van der Waals surface area contributed by atoms with Gasteiger partial charge in [-0.25, -0.2) is 5.43 Å². The molecule has 1 saturated heterocycles. The summed E-state index contributed by atoms with van der Waals surface area (Å²) in [6.45, 7) is 6.65. The lowest BCUT2D eigenvalue weighted by Gasteiger charge is -2.29. The largest absolute Gasteiger partial charge is 0.378 e. The zero-order chi connectivity index (χ0) is 21.5. The second-order valence-electron chi connectivity index (χ2n) is 7.05. The third-order valence-corrected chi connectivity index (χ3v) is 4.93. The summed E-state index contributed by atoms with van der Waals surface area (Å²) in [6.07, 6.45) is 1.44. The predicted octanol–water partition coefficient (Wildman–Crippen LogP) is 2.61. The van der Waals surface area contributed by atoms with Crippen molar-refractivity contribution in [1.29, 1.82) is 0 Å². The van der Waals surface area contributed by atoms with Gasteiger partial charge in [0.15, 0.2) is 0 Å². The van der Waals surface area contributed by atoms with E-state index in [2.05, 4.69) is 20.7 Å². The molecule has 2 N–H and O–H groups in total. The topological polar surface area (TPSA) is 109 Å². The summed E-state index contributed by atoms with van der Waals surface area (Å²) >= 11 is 0. The molecule has 9 nitrogen and oxygen atoms in total. The number of non-ortho nitro benzene ring substituents is 1. The fourth-order valence-electron chi connectivity index (χ4n) is 3.10. The molecule has 1 fully saturated rings. The molecule has 1 aliphatic heterocycles. The van der Waals surface area contributed by atoms with Crippen LogP contribution in [0.4, 0.5) is 17.1 Å². The molecule has 0 atom stereocenters. The summed E-state index contributed by atoms with van der Waals surface area (Å²) in [4.78, 5) is 24.9. The second-order valence-corrected chi connectivity index (χ2v) is 7.05. The molecule has 0 unspecified atom stereocenters. The summed E-state index contributed by atoms with van der Waals surface area (Å²) in [5.74, 6) is -0.317. The Morgan fingerprint density at radius 3 is 2.67 bits per heavy atom. The Labute approximate surface area is 174 Å². The van der Waals surface area contributed by atoms with Gasteiger partial charge in [0.25, 0.3) is 11.6 Å². The number of hydrogen-bond donors (Lipinski definition) is 2. The SMILES string of the molecule is Cc1ccc(NCC(=O)N/N=C\c2cc([N+](=O)[O-])ccc2N2CCOCC2)cc1C. The molecule has 0 bridgehead atoms. The predicted molar refractivity (Wildman–Crippen MR) is 116 cm³/mol. The smallest absolute Gasteiger partial charge is 0.270 e. The van der Waals surface area contributed by atoms with Crippen LogP contribution in [0.1, 0.15) is 16.7 Å². The van der Waals surface area contributed by atoms with E-state index in [-0.39, 0.29) is 18.1 Å². The number of hydrogen-bond acceptors (Lipinski definition) is 7. The van der Waals surface area contributed by atoms with Crippen LogP contribution < -0.4 is 15.6 Å². The highest BCUT2D eigenvalue weighted by Gasteiger charge is 2.17. The second kappa shape index (κ2) is 9.84. The molecule has 30 heavy (non-hydrogen) atoms. The minimum atomic E-state index is -0.452. The van der Waals surface area contributed by atoms with Crippen molar-refractivity contribution < 1.29 is 14.5 Å². The number of hydrazone groups is 1. The fraction of sp³-hybridized carbons (Fsp3) is 0.333. The summed E-state index contributed by atoms with van der Waals surface area (Å²) in [7, 11) is 0. The lowest BCUT2D eigenvalue weighted by atomic mass is 10.1. The number of anilines is 2. The molecule has 0 spiro atoms. The van der Waals surface area contributed by atoms with Crippen LogP contribution in [0.15, 0.2) is 41.5 Å². The lowest BCUT2D eigenvalue weighted by Crippen LogP contribution is -2.36. The third-order valence-electron chi connectivity index (χ3n) is 4.93. The first kappa shape index (κ1) is 21.3. The van der Waals surface area contributed by atoms with E-state index in [1.807, 2.05) is 32.0 Å². The van der Waals surface area contributed by atoms with Crippen molar-refractivity contribution in [2.24, 2.45) is 5.10 Å². The van der Waals surface area contributed by atoms with E-state index in [1.165, 1.54) is 23.9 Å². The van der Waals surface area contributed by atoms with E-state index in [9.17, 15) is 14.9 Å². The molecular formula is C21H25N5O4. The van der Waals surface area contributed by atoms with Crippen LogP contribution in [0.2, 0.25) is 0 Å². The van der Waals surface area contributed by atoms with Gasteiger partial charge in [-0.15, -0.1) is 0 Å². The number of nitro benzene ring substituents is 1. The highest BCUT2D eigenvalue weighted by Crippen LogP contribution is 2.25. The minimum absolute atomic E-state index is 0.0313. The third kappa shape index (κ3) is 5.54. The van der Waals surface area contributed by atoms with Gasteiger partial charge in [-0.05, 0) is 43.2 Å². The average Bonchev–Trinajstić information content (AvgIpc) is 2.75. The van der Waals surface area contributed by atoms with Gasteiger partial charge in [0.05, 0.1) is 30.9 Å². The standard InChI is InChI=1S/C21H25N5O4/c1-15-3-4-18(11-16(15)2)22-14-21(27)24-23-13-17-12-19(26(28)29)5-6-20(17)25-7-9-30-10-8-25/h3-6,11-13,22H,7-10,14H2,1-2H3,(H,24,27)/b23-13-. The molecule has 9 heteroatoms. The quantitative estimate of drug-likeness (QED) is 0.412. The average molecular weight is 411 g/mol. The van der Waals surface area contributed by atoms with E-state index in [0.717, 1.165) is 16.9 Å². The molecule has 1 aliphatic rings. The monoisotopic (exact) mass is 411 g/mol. The van der Waals surface area contributed by atoms with Crippen LogP contribution in [0.3, 0.4) is 0 Å².